The minimum absolute atomic E-state index is 0.0204. The van der Waals surface area contributed by atoms with Crippen molar-refractivity contribution in [3.63, 3.8) is 0 Å². The molecule has 0 saturated carbocycles. The molecule has 0 aliphatic carbocycles. The fraction of sp³-hybridized carbons (Fsp3) is 0.250. The number of nitrogens with one attached hydrogen (secondary N) is 1. The maximum Gasteiger partial charge on any atom is 0.269 e. The maximum absolute atomic E-state index is 12.7. The molecule has 0 atom stereocenters. The number of carbonyl (C=O) groups excluding carboxylic acids is 1. The van der Waals surface area contributed by atoms with Crippen molar-refractivity contribution in [2.75, 3.05) is 31.6 Å². The predicted molar refractivity (Wildman–Crippen MR) is 127 cm³/mol. The quantitative estimate of drug-likeness (QED) is 0.205. The maximum atomic E-state index is 12.7. The Kier molecular flexibility index (Phi) is 7.53. The number of benzene rings is 2. The zero-order valence-corrected chi connectivity index (χ0v) is 20.1. The van der Waals surface area contributed by atoms with Gasteiger partial charge in [-0.1, -0.05) is 35.2 Å². The molecule has 3 aromatic rings. The number of morpholine rings is 1. The lowest BCUT2D eigenvalue weighted by Gasteiger charge is -2.26. The van der Waals surface area contributed by atoms with E-state index in [4.69, 9.17) is 4.74 Å². The average molecular weight is 522 g/mol. The molecule has 1 fully saturated rings. The predicted octanol–water partition coefficient (Wildman–Crippen LogP) is 3.01. The molecule has 0 bridgehead atoms. The van der Waals surface area contributed by atoms with Crippen LogP contribution in [0, 0.1) is 10.1 Å². The molecule has 1 aliphatic rings. The van der Waals surface area contributed by atoms with Gasteiger partial charge in [0.15, 0.2) is 4.34 Å². The first-order valence-corrected chi connectivity index (χ1v) is 13.3. The third kappa shape index (κ3) is 5.77. The molecular formula is C20H19N5O6S3. The lowest BCUT2D eigenvalue weighted by molar-refractivity contribution is -0.384. The van der Waals surface area contributed by atoms with Gasteiger partial charge in [-0.3, -0.25) is 20.2 Å². The summed E-state index contributed by atoms with van der Waals surface area (Å²) in [5.41, 5.74) is 1.07. The van der Waals surface area contributed by atoms with Crippen molar-refractivity contribution in [1.29, 1.82) is 0 Å². The van der Waals surface area contributed by atoms with E-state index in [2.05, 4.69) is 15.5 Å². The highest BCUT2D eigenvalue weighted by molar-refractivity contribution is 8.00. The number of ether oxygens (including phenoxy) is 1. The van der Waals surface area contributed by atoms with Crippen molar-refractivity contribution >= 4 is 49.8 Å². The number of amides is 1. The number of hydrogen-bond donors (Lipinski definition) is 1. The van der Waals surface area contributed by atoms with Gasteiger partial charge in [-0.05, 0) is 29.8 Å². The third-order valence-corrected chi connectivity index (χ3v) is 8.79. The number of thioether (sulfide) groups is 1. The molecule has 34 heavy (non-hydrogen) atoms. The van der Waals surface area contributed by atoms with E-state index in [9.17, 15) is 23.3 Å². The highest BCUT2D eigenvalue weighted by Crippen LogP contribution is 2.29. The summed E-state index contributed by atoms with van der Waals surface area (Å²) in [6.07, 6.45) is 0. The van der Waals surface area contributed by atoms with Gasteiger partial charge in [-0.15, -0.1) is 10.2 Å². The first-order chi connectivity index (χ1) is 16.3. The normalized spacial score (nSPS) is 14.6. The first-order valence-electron chi connectivity index (χ1n) is 10.0. The lowest BCUT2D eigenvalue weighted by Crippen LogP contribution is -2.40. The second-order valence-electron chi connectivity index (χ2n) is 7.08. The van der Waals surface area contributed by atoms with Gasteiger partial charge < -0.3 is 4.74 Å². The van der Waals surface area contributed by atoms with Crippen LogP contribution in [0.2, 0.25) is 0 Å². The summed E-state index contributed by atoms with van der Waals surface area (Å²) in [4.78, 5) is 23.1. The van der Waals surface area contributed by atoms with Crippen molar-refractivity contribution in [3.05, 3.63) is 69.8 Å². The second kappa shape index (κ2) is 10.6. The van der Waals surface area contributed by atoms with Crippen LogP contribution in [0.5, 0.6) is 0 Å². The Morgan fingerprint density at radius 2 is 1.91 bits per heavy atom. The van der Waals surface area contributed by atoms with Crippen molar-refractivity contribution in [3.8, 4) is 0 Å². The van der Waals surface area contributed by atoms with E-state index in [1.54, 1.807) is 12.1 Å². The number of nitro benzene ring substituents is 1. The Morgan fingerprint density at radius 1 is 1.18 bits per heavy atom. The molecule has 2 aromatic carbocycles. The first kappa shape index (κ1) is 24.2. The minimum Gasteiger partial charge on any atom is -0.379 e. The lowest BCUT2D eigenvalue weighted by atomic mass is 10.2. The van der Waals surface area contributed by atoms with Gasteiger partial charge in [0.25, 0.3) is 11.6 Å². The number of carbonyl (C=O) groups is 1. The van der Waals surface area contributed by atoms with Gasteiger partial charge in [0, 0.05) is 36.5 Å². The van der Waals surface area contributed by atoms with Crippen LogP contribution in [0.25, 0.3) is 0 Å². The zero-order valence-electron chi connectivity index (χ0n) is 17.6. The van der Waals surface area contributed by atoms with E-state index in [1.165, 1.54) is 63.8 Å². The van der Waals surface area contributed by atoms with E-state index in [1.807, 2.05) is 0 Å². The topological polar surface area (TPSA) is 145 Å². The van der Waals surface area contributed by atoms with Crippen molar-refractivity contribution in [2.45, 2.75) is 15.0 Å². The van der Waals surface area contributed by atoms with Crippen LogP contribution in [0.4, 0.5) is 10.8 Å². The van der Waals surface area contributed by atoms with Crippen LogP contribution >= 0.6 is 23.1 Å². The van der Waals surface area contributed by atoms with E-state index >= 15 is 0 Å². The van der Waals surface area contributed by atoms with Crippen LogP contribution < -0.4 is 5.32 Å². The van der Waals surface area contributed by atoms with Gasteiger partial charge in [0.2, 0.25) is 15.2 Å². The SMILES string of the molecule is O=C(Nc1nnc(SCc2cccc([N+](=O)[O-])c2)s1)c1ccc(S(=O)(=O)N2CCOCC2)cc1. The molecule has 0 spiro atoms. The average Bonchev–Trinajstić information content (AvgIpc) is 3.30. The van der Waals surface area contributed by atoms with Crippen LogP contribution in [0.3, 0.4) is 0 Å². The van der Waals surface area contributed by atoms with Crippen LogP contribution in [-0.2, 0) is 20.5 Å². The summed E-state index contributed by atoms with van der Waals surface area (Å²) in [6, 6.07) is 12.0. The van der Waals surface area contributed by atoms with Crippen molar-refractivity contribution in [2.24, 2.45) is 0 Å². The number of hydrogen-bond acceptors (Lipinski definition) is 10. The Morgan fingerprint density at radius 3 is 2.62 bits per heavy atom. The molecule has 0 unspecified atom stereocenters. The Labute approximate surface area is 203 Å². The Balaban J connectivity index is 1.35. The summed E-state index contributed by atoms with van der Waals surface area (Å²) >= 11 is 2.52. The highest BCUT2D eigenvalue weighted by Gasteiger charge is 2.26. The highest BCUT2D eigenvalue weighted by atomic mass is 32.2. The molecule has 14 heteroatoms. The number of non-ortho nitro benzene ring substituents is 1. The van der Waals surface area contributed by atoms with Crippen LogP contribution in [0.1, 0.15) is 15.9 Å². The molecule has 1 amide bonds. The molecule has 0 radical (unpaired) electrons. The third-order valence-electron chi connectivity index (χ3n) is 4.83. The van der Waals surface area contributed by atoms with Crippen LogP contribution in [0.15, 0.2) is 57.8 Å². The standard InChI is InChI=1S/C20H19N5O6S3/c26-18(15-4-6-17(7-5-15)34(29,30)24-8-10-31-11-9-24)21-19-22-23-20(33-19)32-13-14-2-1-3-16(12-14)25(27)28/h1-7,12H,8-11,13H2,(H,21,22,26). The van der Waals surface area contributed by atoms with Gasteiger partial charge >= 0.3 is 0 Å². The molecule has 1 saturated heterocycles. The van der Waals surface area contributed by atoms with E-state index in [0.29, 0.717) is 36.4 Å². The second-order valence-corrected chi connectivity index (χ2v) is 11.2. The van der Waals surface area contributed by atoms with Gasteiger partial charge in [-0.25, -0.2) is 8.42 Å². The number of nitrogens with zero attached hydrogens (tertiary/aromatic N) is 4. The fourth-order valence-corrected chi connectivity index (χ4v) is 6.21. The number of rotatable bonds is 8. The molecular weight excluding hydrogens is 502 g/mol. The monoisotopic (exact) mass is 521 g/mol. The number of nitro groups is 1. The smallest absolute Gasteiger partial charge is 0.269 e. The van der Waals surface area contributed by atoms with E-state index in [0.717, 1.165) is 5.56 Å². The van der Waals surface area contributed by atoms with Crippen molar-refractivity contribution < 1.29 is 22.9 Å². The number of anilines is 1. The van der Waals surface area contributed by atoms with Crippen LogP contribution in [-0.4, -0.2) is 60.1 Å². The minimum atomic E-state index is -3.64. The van der Waals surface area contributed by atoms with E-state index < -0.39 is 20.9 Å². The fourth-order valence-electron chi connectivity index (χ4n) is 3.11. The summed E-state index contributed by atoms with van der Waals surface area (Å²) in [7, 11) is -3.64. The number of aromatic nitrogens is 2. The Hall–Kier alpha value is -2.91. The molecule has 4 rings (SSSR count). The molecule has 1 aromatic heterocycles. The Bertz CT molecular complexity index is 1290. The summed E-state index contributed by atoms with van der Waals surface area (Å²) in [5.74, 6) is 0.0188. The molecule has 178 valence electrons. The zero-order chi connectivity index (χ0) is 24.1. The summed E-state index contributed by atoms with van der Waals surface area (Å²) in [6.45, 7) is 1.30. The van der Waals surface area contributed by atoms with Crippen molar-refractivity contribution in [1.82, 2.24) is 14.5 Å². The largest absolute Gasteiger partial charge is 0.379 e. The molecule has 2 heterocycles. The molecule has 1 aliphatic heterocycles. The van der Waals surface area contributed by atoms with Gasteiger partial charge in [-0.2, -0.15) is 4.31 Å². The van der Waals surface area contributed by atoms with Gasteiger partial charge in [0.05, 0.1) is 23.0 Å². The summed E-state index contributed by atoms with van der Waals surface area (Å²) < 4.78 is 32.5. The molecule has 1 N–H and O–H groups in total. The summed E-state index contributed by atoms with van der Waals surface area (Å²) in [5, 5.41) is 21.8. The molecule has 11 nitrogen and oxygen atoms in total. The van der Waals surface area contributed by atoms with E-state index in [-0.39, 0.29) is 21.3 Å². The number of sulfonamides is 1. The van der Waals surface area contributed by atoms with Gasteiger partial charge in [0.1, 0.15) is 0 Å².